The van der Waals surface area contributed by atoms with Gasteiger partial charge in [0.05, 0.1) is 7.11 Å². The average Bonchev–Trinajstić information content (AvgIpc) is 2.75. The van der Waals surface area contributed by atoms with E-state index in [0.29, 0.717) is 23.8 Å². The third-order valence-electron chi connectivity index (χ3n) is 5.57. The Morgan fingerprint density at radius 3 is 2.71 bits per heavy atom. The Morgan fingerprint density at radius 2 is 2.00 bits per heavy atom. The molecule has 0 spiro atoms. The number of rotatable bonds is 4. The van der Waals surface area contributed by atoms with Gasteiger partial charge in [0, 0.05) is 41.4 Å². The van der Waals surface area contributed by atoms with Gasteiger partial charge < -0.3 is 26.2 Å². The number of nitrogens with zero attached hydrogens (tertiary/aromatic N) is 2. The molecule has 0 aliphatic carbocycles. The molecule has 8 nitrogen and oxygen atoms in total. The molecule has 1 amide bonds. The van der Waals surface area contributed by atoms with Gasteiger partial charge in [-0.1, -0.05) is 12.1 Å². The summed E-state index contributed by atoms with van der Waals surface area (Å²) >= 11 is 0. The van der Waals surface area contributed by atoms with Gasteiger partial charge in [0.15, 0.2) is 0 Å². The quantitative estimate of drug-likeness (QED) is 0.508. The van der Waals surface area contributed by atoms with Crippen molar-refractivity contribution in [2.24, 2.45) is 5.73 Å². The van der Waals surface area contributed by atoms with Crippen LogP contribution in [-0.4, -0.2) is 28.1 Å². The van der Waals surface area contributed by atoms with Crippen LogP contribution in [0.4, 0.5) is 17.5 Å². The highest BCUT2D eigenvalue weighted by atomic mass is 16.5. The third-order valence-corrected chi connectivity index (χ3v) is 5.57. The second-order valence-corrected chi connectivity index (χ2v) is 7.58. The molecule has 0 radical (unpaired) electrons. The van der Waals surface area contributed by atoms with Crippen molar-refractivity contribution in [3.05, 3.63) is 65.4 Å². The van der Waals surface area contributed by atoms with E-state index >= 15 is 0 Å². The van der Waals surface area contributed by atoms with E-state index in [-0.39, 0.29) is 24.0 Å². The van der Waals surface area contributed by atoms with Crippen LogP contribution < -0.4 is 21.1 Å². The van der Waals surface area contributed by atoms with Crippen molar-refractivity contribution in [2.75, 3.05) is 17.7 Å². The van der Waals surface area contributed by atoms with Gasteiger partial charge >= 0.3 is 0 Å². The van der Waals surface area contributed by atoms with Crippen LogP contribution in [0.15, 0.2) is 48.7 Å². The number of amides is 1. The first-order valence-electron chi connectivity index (χ1n) is 10.1. The number of carbonyl (C=O) groups is 1. The maximum absolute atomic E-state index is 12.5. The zero-order valence-corrected chi connectivity index (χ0v) is 17.4. The number of aromatic hydroxyl groups is 1. The third kappa shape index (κ3) is 4.29. The fourth-order valence-electron chi connectivity index (χ4n) is 3.95. The molecule has 1 aromatic heterocycles. The maximum atomic E-state index is 12.5. The summed E-state index contributed by atoms with van der Waals surface area (Å²) in [5.74, 6) is 1.25. The molecular weight excluding hydrogens is 394 g/mol. The lowest BCUT2D eigenvalue weighted by molar-refractivity contribution is -0.116. The summed E-state index contributed by atoms with van der Waals surface area (Å²) in [4.78, 5) is 21.4. The lowest BCUT2D eigenvalue weighted by Crippen LogP contribution is -2.28. The van der Waals surface area contributed by atoms with Crippen molar-refractivity contribution >= 4 is 23.4 Å². The molecule has 2 atom stereocenters. The van der Waals surface area contributed by atoms with Crippen LogP contribution in [-0.2, 0) is 4.79 Å². The first-order valence-corrected chi connectivity index (χ1v) is 10.1. The van der Waals surface area contributed by atoms with Gasteiger partial charge in [-0.15, -0.1) is 0 Å². The molecule has 8 heteroatoms. The highest BCUT2D eigenvalue weighted by Gasteiger charge is 2.31. The summed E-state index contributed by atoms with van der Waals surface area (Å²) in [6, 6.07) is 12.2. The number of hydrogen-bond donors (Lipinski definition) is 4. The van der Waals surface area contributed by atoms with E-state index in [1.165, 1.54) is 0 Å². The van der Waals surface area contributed by atoms with E-state index in [2.05, 4.69) is 20.6 Å². The molecule has 2 aromatic carbocycles. The molecule has 0 fully saturated rings. The Hall–Kier alpha value is -3.65. The van der Waals surface area contributed by atoms with Crippen LogP contribution >= 0.6 is 0 Å². The Balaban J connectivity index is 1.68. The predicted octanol–water partition coefficient (Wildman–Crippen LogP) is 3.76. The molecule has 31 heavy (non-hydrogen) atoms. The summed E-state index contributed by atoms with van der Waals surface area (Å²) in [6.45, 7) is 1.93. The molecule has 0 saturated heterocycles. The number of fused-ring (bicyclic) bond motifs is 1. The molecule has 1 aliphatic heterocycles. The minimum absolute atomic E-state index is 0.152. The molecule has 4 rings (SSSR count). The highest BCUT2D eigenvalue weighted by Crippen LogP contribution is 2.42. The molecule has 3 aromatic rings. The minimum Gasteiger partial charge on any atom is -0.508 e. The molecule has 1 aliphatic rings. The number of aryl methyl sites for hydroxylation is 1. The van der Waals surface area contributed by atoms with Crippen LogP contribution in [0.1, 0.15) is 41.5 Å². The van der Waals surface area contributed by atoms with Crippen molar-refractivity contribution in [2.45, 2.75) is 31.7 Å². The largest absolute Gasteiger partial charge is 0.508 e. The Labute approximate surface area is 180 Å². The number of ether oxygens (including phenoxy) is 1. The number of phenolic OH excluding ortho intramolecular Hbond substituents is 1. The topological polar surface area (TPSA) is 122 Å². The van der Waals surface area contributed by atoms with Gasteiger partial charge in [0.1, 0.15) is 17.3 Å². The monoisotopic (exact) mass is 419 g/mol. The molecule has 160 valence electrons. The minimum atomic E-state index is -0.488. The lowest BCUT2D eigenvalue weighted by atomic mass is 9.81. The number of phenols is 1. The summed E-state index contributed by atoms with van der Waals surface area (Å²) in [6.07, 6.45) is 2.42. The first kappa shape index (κ1) is 20.6. The molecule has 2 heterocycles. The van der Waals surface area contributed by atoms with Gasteiger partial charge in [-0.25, -0.2) is 4.98 Å². The summed E-state index contributed by atoms with van der Waals surface area (Å²) in [5.41, 5.74) is 9.73. The number of aromatic nitrogens is 2. The van der Waals surface area contributed by atoms with Crippen molar-refractivity contribution in [1.29, 1.82) is 0 Å². The SMILES string of the molecule is COc1ccc(Nc2ncc3c(n2)NC(=O)CCC(c2c(C)cccc2O)C3N)cc1. The van der Waals surface area contributed by atoms with Gasteiger partial charge in [-0.2, -0.15) is 4.98 Å². The van der Waals surface area contributed by atoms with Gasteiger partial charge in [0.2, 0.25) is 11.9 Å². The fourth-order valence-corrected chi connectivity index (χ4v) is 3.95. The standard InChI is InChI=1S/C23H25N5O3/c1-13-4-3-5-18(29)20(13)16-10-11-19(30)27-22-17(21(16)24)12-25-23(28-22)26-14-6-8-15(31-2)9-7-14/h3-9,12,16,21,29H,10-11,24H2,1-2H3,(H2,25,26,27,28,30). The summed E-state index contributed by atoms with van der Waals surface area (Å²) in [5, 5.41) is 16.4. The van der Waals surface area contributed by atoms with Crippen LogP contribution in [0.3, 0.4) is 0 Å². The van der Waals surface area contributed by atoms with Crippen molar-refractivity contribution in [1.82, 2.24) is 9.97 Å². The van der Waals surface area contributed by atoms with Crippen LogP contribution in [0, 0.1) is 6.92 Å². The van der Waals surface area contributed by atoms with E-state index in [1.807, 2.05) is 37.3 Å². The van der Waals surface area contributed by atoms with E-state index in [4.69, 9.17) is 10.5 Å². The van der Waals surface area contributed by atoms with E-state index in [1.54, 1.807) is 25.4 Å². The van der Waals surface area contributed by atoms with Crippen molar-refractivity contribution in [3.8, 4) is 11.5 Å². The van der Waals surface area contributed by atoms with Gasteiger partial charge in [-0.05, 0) is 49.2 Å². The number of methoxy groups -OCH3 is 1. The van der Waals surface area contributed by atoms with Crippen molar-refractivity contribution in [3.63, 3.8) is 0 Å². The van der Waals surface area contributed by atoms with E-state index in [0.717, 1.165) is 22.6 Å². The molecular formula is C23H25N5O3. The summed E-state index contributed by atoms with van der Waals surface area (Å²) in [7, 11) is 1.61. The first-order chi connectivity index (χ1) is 15.0. The predicted molar refractivity (Wildman–Crippen MR) is 119 cm³/mol. The van der Waals surface area contributed by atoms with Crippen LogP contribution in [0.5, 0.6) is 11.5 Å². The Kier molecular flexibility index (Phi) is 5.73. The lowest BCUT2D eigenvalue weighted by Gasteiger charge is -2.29. The van der Waals surface area contributed by atoms with Crippen LogP contribution in [0.25, 0.3) is 0 Å². The molecule has 2 unspecified atom stereocenters. The van der Waals surface area contributed by atoms with Gasteiger partial charge in [0.25, 0.3) is 0 Å². The highest BCUT2D eigenvalue weighted by molar-refractivity contribution is 5.91. The fraction of sp³-hybridized carbons (Fsp3) is 0.261. The molecule has 5 N–H and O–H groups in total. The number of benzene rings is 2. The number of anilines is 3. The van der Waals surface area contributed by atoms with Crippen LogP contribution in [0.2, 0.25) is 0 Å². The number of carbonyl (C=O) groups excluding carboxylic acids is 1. The zero-order valence-electron chi connectivity index (χ0n) is 17.4. The zero-order chi connectivity index (χ0) is 22.0. The van der Waals surface area contributed by atoms with Gasteiger partial charge in [-0.3, -0.25) is 4.79 Å². The number of nitrogens with one attached hydrogen (secondary N) is 2. The smallest absolute Gasteiger partial charge is 0.229 e. The van der Waals surface area contributed by atoms with Crippen molar-refractivity contribution < 1.29 is 14.6 Å². The second-order valence-electron chi connectivity index (χ2n) is 7.58. The normalized spacial score (nSPS) is 18.4. The average molecular weight is 419 g/mol. The summed E-state index contributed by atoms with van der Waals surface area (Å²) < 4.78 is 5.17. The molecule has 0 bridgehead atoms. The molecule has 0 saturated carbocycles. The maximum Gasteiger partial charge on any atom is 0.229 e. The second kappa shape index (κ2) is 8.61. The Bertz CT molecular complexity index is 1080. The Morgan fingerprint density at radius 1 is 1.23 bits per heavy atom. The number of hydrogen-bond acceptors (Lipinski definition) is 7. The number of nitrogens with two attached hydrogens (primary N) is 1. The van der Waals surface area contributed by atoms with E-state index in [9.17, 15) is 9.90 Å². The van der Waals surface area contributed by atoms with E-state index < -0.39 is 6.04 Å².